The summed E-state index contributed by atoms with van der Waals surface area (Å²) in [5, 5.41) is 3.51. The van der Waals surface area contributed by atoms with Gasteiger partial charge in [-0.15, -0.1) is 0 Å². The Labute approximate surface area is 137 Å². The van der Waals surface area contributed by atoms with E-state index in [4.69, 9.17) is 16.3 Å². The molecule has 1 aromatic carbocycles. The van der Waals surface area contributed by atoms with E-state index < -0.39 is 0 Å². The molecule has 1 aliphatic rings. The summed E-state index contributed by atoms with van der Waals surface area (Å²) < 4.78 is 6.60. The van der Waals surface area contributed by atoms with Gasteiger partial charge >= 0.3 is 0 Å². The molecule has 0 bridgehead atoms. The zero-order valence-corrected chi connectivity index (χ0v) is 14.3. The number of rotatable bonds is 4. The van der Waals surface area contributed by atoms with Crippen LogP contribution in [-0.2, 0) is 4.74 Å². The number of ether oxygens (including phenoxy) is 1. The molecule has 0 radical (unpaired) electrons. The van der Waals surface area contributed by atoms with E-state index in [1.807, 2.05) is 6.07 Å². The molecule has 110 valence electrons. The van der Waals surface area contributed by atoms with Gasteiger partial charge in [-0.1, -0.05) is 18.5 Å². The molecular weight excluding hydrogens is 391 g/mol. The molecule has 1 amide bonds. The maximum atomic E-state index is 12.1. The van der Waals surface area contributed by atoms with E-state index in [1.165, 1.54) is 0 Å². The molecule has 1 fully saturated rings. The van der Waals surface area contributed by atoms with Crippen LogP contribution in [0.15, 0.2) is 18.2 Å². The fourth-order valence-corrected chi connectivity index (χ4v) is 2.65. The standard InChI is InChI=1S/C14H18ClIN2O2/c1-2-18-5-6-20-11(9-18)8-17-14(19)10-3-4-13(16)12(15)7-10/h3-4,7,11H,2,5-6,8-9H2,1H3,(H,17,19). The van der Waals surface area contributed by atoms with Crippen LogP contribution in [0.3, 0.4) is 0 Å². The molecule has 2 rings (SSSR count). The molecule has 0 saturated carbocycles. The molecule has 1 unspecified atom stereocenters. The van der Waals surface area contributed by atoms with Gasteiger partial charge in [-0.25, -0.2) is 0 Å². The molecule has 1 atom stereocenters. The van der Waals surface area contributed by atoms with Gasteiger partial charge in [0.05, 0.1) is 17.7 Å². The lowest BCUT2D eigenvalue weighted by Crippen LogP contribution is -2.47. The third kappa shape index (κ3) is 4.31. The van der Waals surface area contributed by atoms with Gasteiger partial charge in [0.2, 0.25) is 0 Å². The van der Waals surface area contributed by atoms with Crippen LogP contribution in [0.2, 0.25) is 5.02 Å². The topological polar surface area (TPSA) is 41.6 Å². The minimum absolute atomic E-state index is 0.0620. The summed E-state index contributed by atoms with van der Waals surface area (Å²) in [5.41, 5.74) is 0.582. The molecule has 1 aromatic rings. The van der Waals surface area contributed by atoms with Crippen molar-refractivity contribution in [2.75, 3.05) is 32.8 Å². The number of hydrogen-bond acceptors (Lipinski definition) is 3. The van der Waals surface area contributed by atoms with Crippen LogP contribution in [0.4, 0.5) is 0 Å². The molecule has 1 heterocycles. The second-order valence-corrected chi connectivity index (χ2v) is 6.29. The van der Waals surface area contributed by atoms with Crippen molar-refractivity contribution in [3.63, 3.8) is 0 Å². The van der Waals surface area contributed by atoms with Crippen LogP contribution >= 0.6 is 34.2 Å². The van der Waals surface area contributed by atoms with Crippen LogP contribution in [0.5, 0.6) is 0 Å². The number of benzene rings is 1. The lowest BCUT2D eigenvalue weighted by Gasteiger charge is -2.32. The van der Waals surface area contributed by atoms with E-state index in [0.717, 1.165) is 29.8 Å². The number of morpholine rings is 1. The number of carbonyl (C=O) groups excluding carboxylic acids is 1. The van der Waals surface area contributed by atoms with Crippen LogP contribution in [-0.4, -0.2) is 49.7 Å². The van der Waals surface area contributed by atoms with Crippen molar-refractivity contribution in [1.29, 1.82) is 0 Å². The van der Waals surface area contributed by atoms with Gasteiger partial charge in [0.1, 0.15) is 0 Å². The number of likely N-dealkylation sites (N-methyl/N-ethyl adjacent to an activating group) is 1. The normalized spacial score (nSPS) is 19.9. The Morgan fingerprint density at radius 3 is 3.10 bits per heavy atom. The minimum atomic E-state index is -0.111. The largest absolute Gasteiger partial charge is 0.374 e. The smallest absolute Gasteiger partial charge is 0.251 e. The average Bonchev–Trinajstić information content (AvgIpc) is 2.47. The highest BCUT2D eigenvalue weighted by Gasteiger charge is 2.20. The van der Waals surface area contributed by atoms with Crippen molar-refractivity contribution >= 4 is 40.1 Å². The summed E-state index contributed by atoms with van der Waals surface area (Å²) >= 11 is 8.16. The molecule has 20 heavy (non-hydrogen) atoms. The second-order valence-electron chi connectivity index (χ2n) is 4.72. The highest BCUT2D eigenvalue weighted by atomic mass is 127. The molecule has 0 aromatic heterocycles. The Hall–Kier alpha value is -0.370. The summed E-state index contributed by atoms with van der Waals surface area (Å²) in [5.74, 6) is -0.111. The predicted octanol–water partition coefficient (Wildman–Crippen LogP) is 2.40. The highest BCUT2D eigenvalue weighted by molar-refractivity contribution is 14.1. The molecule has 6 heteroatoms. The molecule has 1 N–H and O–H groups in total. The first kappa shape index (κ1) is 16.0. The first-order chi connectivity index (χ1) is 9.60. The third-order valence-corrected chi connectivity index (χ3v) is 4.91. The van der Waals surface area contributed by atoms with E-state index >= 15 is 0 Å². The van der Waals surface area contributed by atoms with Crippen molar-refractivity contribution in [3.8, 4) is 0 Å². The van der Waals surface area contributed by atoms with E-state index in [-0.39, 0.29) is 12.0 Å². The maximum Gasteiger partial charge on any atom is 0.251 e. The fourth-order valence-electron chi connectivity index (χ4n) is 2.14. The number of carbonyl (C=O) groups is 1. The van der Waals surface area contributed by atoms with Crippen molar-refractivity contribution in [2.45, 2.75) is 13.0 Å². The molecule has 0 aliphatic carbocycles. The summed E-state index contributed by atoms with van der Waals surface area (Å²) in [7, 11) is 0. The lowest BCUT2D eigenvalue weighted by molar-refractivity contribution is -0.0246. The molecule has 1 saturated heterocycles. The molecule has 1 aliphatic heterocycles. The number of halogens is 2. The highest BCUT2D eigenvalue weighted by Crippen LogP contribution is 2.19. The van der Waals surface area contributed by atoms with Crippen molar-refractivity contribution in [1.82, 2.24) is 10.2 Å². The summed E-state index contributed by atoms with van der Waals surface area (Å²) in [6.45, 7) is 6.23. The van der Waals surface area contributed by atoms with E-state index in [2.05, 4.69) is 39.7 Å². The van der Waals surface area contributed by atoms with Crippen molar-refractivity contribution < 1.29 is 9.53 Å². The Balaban J connectivity index is 1.87. The maximum absolute atomic E-state index is 12.1. The first-order valence-corrected chi connectivity index (χ1v) is 8.13. The van der Waals surface area contributed by atoms with E-state index in [9.17, 15) is 4.79 Å². The van der Waals surface area contributed by atoms with Gasteiger partial charge in [0, 0.05) is 28.8 Å². The first-order valence-electron chi connectivity index (χ1n) is 6.67. The zero-order chi connectivity index (χ0) is 14.5. The van der Waals surface area contributed by atoms with Gasteiger partial charge < -0.3 is 10.1 Å². The van der Waals surface area contributed by atoms with Crippen molar-refractivity contribution in [3.05, 3.63) is 32.4 Å². The van der Waals surface area contributed by atoms with Gasteiger partial charge in [0.15, 0.2) is 0 Å². The monoisotopic (exact) mass is 408 g/mol. The SMILES string of the molecule is CCN1CCOC(CNC(=O)c2ccc(I)c(Cl)c2)C1. The Bertz CT molecular complexity index is 484. The van der Waals surface area contributed by atoms with Gasteiger partial charge in [0.25, 0.3) is 5.91 Å². The summed E-state index contributed by atoms with van der Waals surface area (Å²) in [6, 6.07) is 5.32. The summed E-state index contributed by atoms with van der Waals surface area (Å²) in [4.78, 5) is 14.4. The van der Waals surface area contributed by atoms with Crippen LogP contribution in [0.25, 0.3) is 0 Å². The second kappa shape index (κ2) is 7.59. The van der Waals surface area contributed by atoms with Gasteiger partial charge in [-0.05, 0) is 47.3 Å². The Kier molecular flexibility index (Phi) is 6.07. The number of hydrogen-bond donors (Lipinski definition) is 1. The lowest BCUT2D eigenvalue weighted by atomic mass is 10.2. The number of amides is 1. The predicted molar refractivity (Wildman–Crippen MR) is 88.4 cm³/mol. The molecule has 0 spiro atoms. The van der Waals surface area contributed by atoms with Crippen LogP contribution < -0.4 is 5.32 Å². The van der Waals surface area contributed by atoms with Crippen LogP contribution in [0.1, 0.15) is 17.3 Å². The number of nitrogens with zero attached hydrogens (tertiary/aromatic N) is 1. The Morgan fingerprint density at radius 2 is 2.40 bits per heavy atom. The summed E-state index contributed by atoms with van der Waals surface area (Å²) in [6.07, 6.45) is 0.0620. The quantitative estimate of drug-likeness (QED) is 0.778. The zero-order valence-electron chi connectivity index (χ0n) is 11.4. The van der Waals surface area contributed by atoms with Gasteiger partial charge in [-0.2, -0.15) is 0 Å². The van der Waals surface area contributed by atoms with E-state index in [0.29, 0.717) is 17.1 Å². The van der Waals surface area contributed by atoms with E-state index in [1.54, 1.807) is 12.1 Å². The Morgan fingerprint density at radius 1 is 1.60 bits per heavy atom. The molecular formula is C14H18ClIN2O2. The average molecular weight is 409 g/mol. The fraction of sp³-hybridized carbons (Fsp3) is 0.500. The molecule has 4 nitrogen and oxygen atoms in total. The number of nitrogens with one attached hydrogen (secondary N) is 1. The van der Waals surface area contributed by atoms with Crippen molar-refractivity contribution in [2.24, 2.45) is 0 Å². The van der Waals surface area contributed by atoms with Gasteiger partial charge in [-0.3, -0.25) is 9.69 Å². The minimum Gasteiger partial charge on any atom is -0.374 e. The van der Waals surface area contributed by atoms with Crippen LogP contribution in [0, 0.1) is 3.57 Å². The third-order valence-electron chi connectivity index (χ3n) is 3.34.